The minimum absolute atomic E-state index is 0.166. The van der Waals surface area contributed by atoms with Crippen LogP contribution in [0.5, 0.6) is 0 Å². The molecule has 0 unspecified atom stereocenters. The van der Waals surface area contributed by atoms with Gasteiger partial charge in [0.1, 0.15) is 5.82 Å². The third kappa shape index (κ3) is 6.54. The lowest BCUT2D eigenvalue weighted by Gasteiger charge is -2.22. The van der Waals surface area contributed by atoms with Crippen molar-refractivity contribution in [1.82, 2.24) is 4.90 Å². The molecule has 0 heterocycles. The Labute approximate surface area is 119 Å². The minimum atomic E-state index is -4.47. The second kappa shape index (κ2) is 7.37. The number of anilines is 1. The average Bonchev–Trinajstić information content (AvgIpc) is 2.32. The zero-order valence-corrected chi connectivity index (χ0v) is 11.4. The normalized spacial score (nSPS) is 11.8. The van der Waals surface area contributed by atoms with Gasteiger partial charge in [-0.2, -0.15) is 13.2 Å². The second-order valence-electron chi connectivity index (χ2n) is 4.56. The molecule has 2 N–H and O–H groups in total. The van der Waals surface area contributed by atoms with E-state index in [2.05, 4.69) is 5.32 Å². The zero-order chi connectivity index (χ0) is 16.0. The smallest absolute Gasteiger partial charge is 0.395 e. The SMILES string of the molecule is Cc1ccc(NC(=O)CN(CCO)CC(F)(F)F)cc1F. The van der Waals surface area contributed by atoms with Gasteiger partial charge in [-0.3, -0.25) is 9.69 Å². The molecule has 0 radical (unpaired) electrons. The highest BCUT2D eigenvalue weighted by atomic mass is 19.4. The van der Waals surface area contributed by atoms with Gasteiger partial charge in [0.25, 0.3) is 0 Å². The van der Waals surface area contributed by atoms with Gasteiger partial charge < -0.3 is 10.4 Å². The Kier molecular flexibility index (Phi) is 6.10. The van der Waals surface area contributed by atoms with E-state index in [-0.39, 0.29) is 12.2 Å². The third-order valence-electron chi connectivity index (χ3n) is 2.64. The minimum Gasteiger partial charge on any atom is -0.395 e. The molecule has 0 bridgehead atoms. The lowest BCUT2D eigenvalue weighted by Crippen LogP contribution is -2.41. The van der Waals surface area contributed by atoms with E-state index in [0.717, 1.165) is 11.0 Å². The number of aliphatic hydroxyl groups is 1. The molecular formula is C13H16F4N2O2. The van der Waals surface area contributed by atoms with Crippen LogP contribution < -0.4 is 5.32 Å². The van der Waals surface area contributed by atoms with Crippen LogP contribution in [-0.4, -0.2) is 48.3 Å². The summed E-state index contributed by atoms with van der Waals surface area (Å²) in [6.45, 7) is -1.08. The molecule has 0 saturated carbocycles. The van der Waals surface area contributed by atoms with Crippen molar-refractivity contribution in [3.05, 3.63) is 29.6 Å². The number of rotatable bonds is 6. The summed E-state index contributed by atoms with van der Waals surface area (Å²) >= 11 is 0. The van der Waals surface area contributed by atoms with Crippen LogP contribution in [0.2, 0.25) is 0 Å². The van der Waals surface area contributed by atoms with Crippen LogP contribution in [0.25, 0.3) is 0 Å². The van der Waals surface area contributed by atoms with E-state index < -0.39 is 37.6 Å². The van der Waals surface area contributed by atoms with Crippen molar-refractivity contribution in [1.29, 1.82) is 0 Å². The number of amides is 1. The van der Waals surface area contributed by atoms with E-state index in [0.29, 0.717) is 5.56 Å². The van der Waals surface area contributed by atoms with Gasteiger partial charge in [0.2, 0.25) is 5.91 Å². The fourth-order valence-electron chi connectivity index (χ4n) is 1.68. The van der Waals surface area contributed by atoms with Crippen molar-refractivity contribution in [2.75, 3.05) is 31.6 Å². The molecule has 4 nitrogen and oxygen atoms in total. The maximum Gasteiger partial charge on any atom is 0.401 e. The van der Waals surface area contributed by atoms with Crippen LogP contribution in [0.4, 0.5) is 23.2 Å². The largest absolute Gasteiger partial charge is 0.401 e. The number of aliphatic hydroxyl groups excluding tert-OH is 1. The monoisotopic (exact) mass is 308 g/mol. The van der Waals surface area contributed by atoms with Gasteiger partial charge in [-0.15, -0.1) is 0 Å². The Morgan fingerprint density at radius 2 is 2.05 bits per heavy atom. The summed E-state index contributed by atoms with van der Waals surface area (Å²) < 4.78 is 50.2. The molecule has 1 amide bonds. The zero-order valence-electron chi connectivity index (χ0n) is 11.4. The summed E-state index contributed by atoms with van der Waals surface area (Å²) in [7, 11) is 0. The summed E-state index contributed by atoms with van der Waals surface area (Å²) in [5.74, 6) is -1.23. The summed E-state index contributed by atoms with van der Waals surface area (Å²) in [6.07, 6.45) is -4.47. The van der Waals surface area contributed by atoms with Crippen LogP contribution in [0.1, 0.15) is 5.56 Å². The molecule has 21 heavy (non-hydrogen) atoms. The highest BCUT2D eigenvalue weighted by Gasteiger charge is 2.31. The van der Waals surface area contributed by atoms with Gasteiger partial charge >= 0.3 is 6.18 Å². The lowest BCUT2D eigenvalue weighted by atomic mass is 10.2. The topological polar surface area (TPSA) is 52.6 Å². The molecule has 0 saturated heterocycles. The first kappa shape index (κ1) is 17.4. The fourth-order valence-corrected chi connectivity index (χ4v) is 1.68. The van der Waals surface area contributed by atoms with Crippen molar-refractivity contribution >= 4 is 11.6 Å². The number of nitrogens with one attached hydrogen (secondary N) is 1. The van der Waals surface area contributed by atoms with E-state index in [9.17, 15) is 22.4 Å². The second-order valence-corrected chi connectivity index (χ2v) is 4.56. The number of carbonyl (C=O) groups is 1. The molecule has 0 aliphatic carbocycles. The van der Waals surface area contributed by atoms with Gasteiger partial charge in [0, 0.05) is 12.2 Å². The van der Waals surface area contributed by atoms with E-state index in [1.54, 1.807) is 6.92 Å². The standard InChI is InChI=1S/C13H16F4N2O2/c1-9-2-3-10(6-11(9)14)18-12(21)7-19(4-5-20)8-13(15,16)17/h2-3,6,20H,4-5,7-8H2,1H3,(H,18,21). The van der Waals surface area contributed by atoms with E-state index in [4.69, 9.17) is 5.11 Å². The van der Waals surface area contributed by atoms with Crippen LogP contribution in [0, 0.1) is 12.7 Å². The van der Waals surface area contributed by atoms with Crippen LogP contribution in [0.15, 0.2) is 18.2 Å². The van der Waals surface area contributed by atoms with Crippen molar-refractivity contribution < 1.29 is 27.5 Å². The number of hydrogen-bond donors (Lipinski definition) is 2. The van der Waals surface area contributed by atoms with Gasteiger partial charge in [-0.25, -0.2) is 4.39 Å². The van der Waals surface area contributed by atoms with Crippen molar-refractivity contribution in [2.24, 2.45) is 0 Å². The molecule has 8 heteroatoms. The quantitative estimate of drug-likeness (QED) is 0.790. The van der Waals surface area contributed by atoms with E-state index >= 15 is 0 Å². The van der Waals surface area contributed by atoms with Crippen molar-refractivity contribution in [2.45, 2.75) is 13.1 Å². The summed E-state index contributed by atoms with van der Waals surface area (Å²) in [4.78, 5) is 12.4. The first-order valence-corrected chi connectivity index (χ1v) is 6.17. The van der Waals surface area contributed by atoms with Crippen LogP contribution >= 0.6 is 0 Å². The van der Waals surface area contributed by atoms with Gasteiger partial charge in [-0.05, 0) is 24.6 Å². The van der Waals surface area contributed by atoms with Gasteiger partial charge in [0.05, 0.1) is 19.7 Å². The number of halogens is 4. The Morgan fingerprint density at radius 1 is 1.38 bits per heavy atom. The van der Waals surface area contributed by atoms with Gasteiger partial charge in [-0.1, -0.05) is 6.07 Å². The molecule has 0 spiro atoms. The first-order chi connectivity index (χ1) is 9.71. The average molecular weight is 308 g/mol. The third-order valence-corrected chi connectivity index (χ3v) is 2.64. The summed E-state index contributed by atoms with van der Waals surface area (Å²) in [5.41, 5.74) is 0.561. The molecule has 0 aliphatic rings. The van der Waals surface area contributed by atoms with Crippen LogP contribution in [0.3, 0.4) is 0 Å². The molecule has 0 fully saturated rings. The number of nitrogens with zero attached hydrogens (tertiary/aromatic N) is 1. The molecule has 0 aromatic heterocycles. The Morgan fingerprint density at radius 3 is 2.57 bits per heavy atom. The number of carbonyl (C=O) groups excluding carboxylic acids is 1. The Balaban J connectivity index is 2.62. The Bertz CT molecular complexity index is 492. The highest BCUT2D eigenvalue weighted by Crippen LogP contribution is 2.17. The maximum atomic E-state index is 13.3. The van der Waals surface area contributed by atoms with Gasteiger partial charge in [0.15, 0.2) is 0 Å². The fraction of sp³-hybridized carbons (Fsp3) is 0.462. The highest BCUT2D eigenvalue weighted by molar-refractivity contribution is 5.92. The number of alkyl halides is 3. The van der Waals surface area contributed by atoms with E-state index in [1.807, 2.05) is 0 Å². The molecular weight excluding hydrogens is 292 g/mol. The maximum absolute atomic E-state index is 13.3. The Hall–Kier alpha value is -1.67. The molecule has 1 aromatic carbocycles. The first-order valence-electron chi connectivity index (χ1n) is 6.17. The predicted molar refractivity (Wildman–Crippen MR) is 69.3 cm³/mol. The number of benzene rings is 1. The molecule has 0 atom stereocenters. The predicted octanol–water partition coefficient (Wildman–Crippen LogP) is 1.93. The molecule has 0 aliphatic heterocycles. The molecule has 118 valence electrons. The van der Waals surface area contributed by atoms with E-state index in [1.165, 1.54) is 12.1 Å². The summed E-state index contributed by atoms with van der Waals surface area (Å²) in [6, 6.07) is 4.00. The summed E-state index contributed by atoms with van der Waals surface area (Å²) in [5, 5.41) is 11.0. The van der Waals surface area contributed by atoms with Crippen LogP contribution in [-0.2, 0) is 4.79 Å². The van der Waals surface area contributed by atoms with Crippen molar-refractivity contribution in [3.63, 3.8) is 0 Å². The number of hydrogen-bond acceptors (Lipinski definition) is 3. The number of aryl methyl sites for hydroxylation is 1. The molecule has 1 aromatic rings. The lowest BCUT2D eigenvalue weighted by molar-refractivity contribution is -0.148. The molecule has 1 rings (SSSR count). The van der Waals surface area contributed by atoms with Crippen molar-refractivity contribution in [3.8, 4) is 0 Å².